The molecule has 2 rings (SSSR count). The van der Waals surface area contributed by atoms with Gasteiger partial charge in [0.05, 0.1) is 13.3 Å². The molecule has 0 saturated carbocycles. The highest BCUT2D eigenvalue weighted by atomic mass is 32.1. The summed E-state index contributed by atoms with van der Waals surface area (Å²) in [5.41, 5.74) is 1.89. The summed E-state index contributed by atoms with van der Waals surface area (Å²) in [4.78, 5) is 2.14. The maximum Gasteiger partial charge on any atom is 0.163 e. The normalized spacial score (nSPS) is 12.8. The van der Waals surface area contributed by atoms with E-state index in [1.165, 1.54) is 10.4 Å². The number of methoxy groups -OCH3 is 1. The van der Waals surface area contributed by atoms with Gasteiger partial charge in [-0.25, -0.2) is 0 Å². The van der Waals surface area contributed by atoms with Gasteiger partial charge in [-0.05, 0) is 25.5 Å². The fraction of sp³-hybridized carbons (Fsp3) is 0.417. The zero-order chi connectivity index (χ0) is 12.6. The first-order chi connectivity index (χ1) is 8.04. The van der Waals surface area contributed by atoms with Crippen LogP contribution in [-0.2, 0) is 7.05 Å². The quantitative estimate of drug-likeness (QED) is 0.911. The first kappa shape index (κ1) is 12.1. The molecule has 0 aliphatic carbocycles. The number of aliphatic hydroxyl groups excluding tert-OH is 1. The van der Waals surface area contributed by atoms with Crippen LogP contribution in [0.15, 0.2) is 12.3 Å². The maximum atomic E-state index is 10.4. The van der Waals surface area contributed by atoms with Crippen molar-refractivity contribution in [1.29, 1.82) is 0 Å². The van der Waals surface area contributed by atoms with E-state index in [-0.39, 0.29) is 0 Å². The highest BCUT2D eigenvalue weighted by Crippen LogP contribution is 2.34. The molecule has 5 heteroatoms. The predicted octanol–water partition coefficient (Wildman–Crippen LogP) is 2.19. The van der Waals surface area contributed by atoms with E-state index in [2.05, 4.69) is 12.0 Å². The van der Waals surface area contributed by atoms with Gasteiger partial charge in [0.25, 0.3) is 0 Å². The number of ether oxygens (including phenoxy) is 1. The number of thiophene rings is 1. The molecule has 0 spiro atoms. The zero-order valence-corrected chi connectivity index (χ0v) is 11.2. The zero-order valence-electron chi connectivity index (χ0n) is 10.4. The number of hydrogen-bond acceptors (Lipinski definition) is 4. The van der Waals surface area contributed by atoms with Gasteiger partial charge in [0, 0.05) is 16.8 Å². The van der Waals surface area contributed by atoms with E-state index in [9.17, 15) is 5.11 Å². The van der Waals surface area contributed by atoms with E-state index in [0.717, 1.165) is 4.88 Å². The van der Waals surface area contributed by atoms with Crippen LogP contribution in [-0.4, -0.2) is 22.0 Å². The smallest absolute Gasteiger partial charge is 0.163 e. The van der Waals surface area contributed by atoms with Crippen LogP contribution in [0.5, 0.6) is 5.75 Å². The fourth-order valence-electron chi connectivity index (χ4n) is 1.77. The minimum Gasteiger partial charge on any atom is -0.493 e. The molecular weight excluding hydrogens is 236 g/mol. The molecule has 1 atom stereocenters. The number of hydrogen-bond donors (Lipinski definition) is 1. The minimum atomic E-state index is -0.685. The molecule has 0 aliphatic heterocycles. The van der Waals surface area contributed by atoms with Gasteiger partial charge in [-0.15, -0.1) is 11.3 Å². The molecule has 1 N–H and O–H groups in total. The lowest BCUT2D eigenvalue weighted by Gasteiger charge is -2.11. The third-order valence-corrected chi connectivity index (χ3v) is 4.09. The topological polar surface area (TPSA) is 47.3 Å². The standard InChI is InChI=1S/C12H16N2O2S/c1-7-5-10(17-8(7)2)12(15)11-9(16-4)6-13-14(11)3/h5-6,12,15H,1-4H3. The Morgan fingerprint density at radius 2 is 2.18 bits per heavy atom. The van der Waals surface area contributed by atoms with E-state index in [1.807, 2.05) is 13.0 Å². The second-order valence-corrected chi connectivity index (χ2v) is 5.30. The van der Waals surface area contributed by atoms with Crippen LogP contribution in [0.4, 0.5) is 0 Å². The Balaban J connectivity index is 2.42. The summed E-state index contributed by atoms with van der Waals surface area (Å²) >= 11 is 1.60. The van der Waals surface area contributed by atoms with E-state index in [1.54, 1.807) is 36.4 Å². The number of rotatable bonds is 3. The molecule has 0 saturated heterocycles. The summed E-state index contributed by atoms with van der Waals surface area (Å²) in [6, 6.07) is 2.01. The van der Waals surface area contributed by atoms with E-state index >= 15 is 0 Å². The maximum absolute atomic E-state index is 10.4. The Morgan fingerprint density at radius 1 is 1.47 bits per heavy atom. The van der Waals surface area contributed by atoms with Crippen LogP contribution in [0.1, 0.15) is 27.1 Å². The Morgan fingerprint density at radius 3 is 2.71 bits per heavy atom. The molecular formula is C12H16N2O2S. The number of aromatic nitrogens is 2. The second kappa shape index (κ2) is 4.50. The molecule has 17 heavy (non-hydrogen) atoms. The van der Waals surface area contributed by atoms with Gasteiger partial charge in [-0.1, -0.05) is 0 Å². The molecule has 1 unspecified atom stereocenters. The summed E-state index contributed by atoms with van der Waals surface area (Å²) in [6.07, 6.45) is 0.932. The van der Waals surface area contributed by atoms with Crippen LogP contribution in [0.2, 0.25) is 0 Å². The van der Waals surface area contributed by atoms with Crippen LogP contribution in [0.25, 0.3) is 0 Å². The number of aliphatic hydroxyl groups is 1. The van der Waals surface area contributed by atoms with Gasteiger partial charge in [0.1, 0.15) is 11.8 Å². The monoisotopic (exact) mass is 252 g/mol. The van der Waals surface area contributed by atoms with Crippen molar-refractivity contribution < 1.29 is 9.84 Å². The molecule has 0 bridgehead atoms. The highest BCUT2D eigenvalue weighted by Gasteiger charge is 2.22. The molecule has 2 aromatic heterocycles. The van der Waals surface area contributed by atoms with Crippen molar-refractivity contribution >= 4 is 11.3 Å². The Hall–Kier alpha value is -1.33. The largest absolute Gasteiger partial charge is 0.493 e. The summed E-state index contributed by atoms with van der Waals surface area (Å²) in [5, 5.41) is 14.5. The minimum absolute atomic E-state index is 0.615. The Labute approximate surface area is 104 Å². The summed E-state index contributed by atoms with van der Waals surface area (Å²) in [5.74, 6) is 0.615. The highest BCUT2D eigenvalue weighted by molar-refractivity contribution is 7.12. The lowest BCUT2D eigenvalue weighted by molar-refractivity contribution is 0.208. The van der Waals surface area contributed by atoms with E-state index < -0.39 is 6.10 Å². The number of nitrogens with zero attached hydrogens (tertiary/aromatic N) is 2. The Kier molecular flexibility index (Phi) is 3.22. The molecule has 2 heterocycles. The summed E-state index contributed by atoms with van der Waals surface area (Å²) < 4.78 is 6.85. The molecule has 0 aromatic carbocycles. The van der Waals surface area contributed by atoms with E-state index in [4.69, 9.17) is 4.74 Å². The first-order valence-electron chi connectivity index (χ1n) is 5.35. The first-order valence-corrected chi connectivity index (χ1v) is 6.17. The molecule has 2 aromatic rings. The van der Waals surface area contributed by atoms with Gasteiger partial charge in [0.2, 0.25) is 0 Å². The van der Waals surface area contributed by atoms with Crippen LogP contribution in [0, 0.1) is 13.8 Å². The van der Waals surface area contributed by atoms with Crippen LogP contribution in [0.3, 0.4) is 0 Å². The van der Waals surface area contributed by atoms with Gasteiger partial charge in [-0.2, -0.15) is 5.10 Å². The van der Waals surface area contributed by atoms with Crippen molar-refractivity contribution in [2.75, 3.05) is 7.11 Å². The molecule has 0 fully saturated rings. The third-order valence-electron chi connectivity index (χ3n) is 2.88. The van der Waals surface area contributed by atoms with Gasteiger partial charge < -0.3 is 9.84 Å². The summed E-state index contributed by atoms with van der Waals surface area (Å²) in [7, 11) is 3.38. The van der Waals surface area contributed by atoms with Gasteiger partial charge in [-0.3, -0.25) is 4.68 Å². The van der Waals surface area contributed by atoms with Crippen molar-refractivity contribution in [2.45, 2.75) is 20.0 Å². The second-order valence-electron chi connectivity index (χ2n) is 4.01. The van der Waals surface area contributed by atoms with Crippen LogP contribution < -0.4 is 4.74 Å². The van der Waals surface area contributed by atoms with Crippen molar-refractivity contribution in [3.8, 4) is 5.75 Å². The molecule has 0 amide bonds. The molecule has 0 aliphatic rings. The lowest BCUT2D eigenvalue weighted by Crippen LogP contribution is -2.06. The molecule has 0 radical (unpaired) electrons. The molecule has 4 nitrogen and oxygen atoms in total. The SMILES string of the molecule is COc1cnn(C)c1C(O)c1cc(C)c(C)s1. The average molecular weight is 252 g/mol. The van der Waals surface area contributed by atoms with Crippen molar-refractivity contribution in [3.63, 3.8) is 0 Å². The predicted molar refractivity (Wildman–Crippen MR) is 67.6 cm³/mol. The lowest BCUT2D eigenvalue weighted by atomic mass is 10.2. The third kappa shape index (κ3) is 2.08. The fourth-order valence-corrected chi connectivity index (χ4v) is 2.80. The number of aryl methyl sites for hydroxylation is 3. The average Bonchev–Trinajstić information content (AvgIpc) is 2.82. The van der Waals surface area contributed by atoms with Crippen molar-refractivity contribution in [1.82, 2.24) is 9.78 Å². The van der Waals surface area contributed by atoms with Crippen molar-refractivity contribution in [2.24, 2.45) is 7.05 Å². The molecule has 92 valence electrons. The summed E-state index contributed by atoms with van der Waals surface area (Å²) in [6.45, 7) is 4.10. The Bertz CT molecular complexity index is 511. The van der Waals surface area contributed by atoms with Gasteiger partial charge in [0.15, 0.2) is 5.75 Å². The van der Waals surface area contributed by atoms with E-state index in [0.29, 0.717) is 11.4 Å². The van der Waals surface area contributed by atoms with Crippen LogP contribution >= 0.6 is 11.3 Å². The van der Waals surface area contributed by atoms with Crippen molar-refractivity contribution in [3.05, 3.63) is 33.3 Å². The van der Waals surface area contributed by atoms with Gasteiger partial charge >= 0.3 is 0 Å².